The van der Waals surface area contributed by atoms with Gasteiger partial charge in [0.2, 0.25) is 0 Å². The maximum Gasteiger partial charge on any atom is 0.436 e. The fraction of sp³-hybridized carbons (Fsp3) is 0.524. The van der Waals surface area contributed by atoms with Crippen LogP contribution in [0.5, 0.6) is 0 Å². The maximum atomic E-state index is 13.7. The van der Waals surface area contributed by atoms with Crippen molar-refractivity contribution in [1.82, 2.24) is 19.5 Å². The van der Waals surface area contributed by atoms with Crippen LogP contribution in [0.3, 0.4) is 0 Å². The summed E-state index contributed by atoms with van der Waals surface area (Å²) in [5.41, 5.74) is -1.97. The Morgan fingerprint density at radius 1 is 1.29 bits per heavy atom. The molecule has 14 heteroatoms. The summed E-state index contributed by atoms with van der Waals surface area (Å²) in [6, 6.07) is 3.86. The van der Waals surface area contributed by atoms with Crippen molar-refractivity contribution in [2.45, 2.75) is 44.7 Å². The van der Waals surface area contributed by atoms with E-state index in [-0.39, 0.29) is 30.1 Å². The highest BCUT2D eigenvalue weighted by atomic mass is 32.2. The average molecular weight is 515 g/mol. The number of rotatable bonds is 6. The quantitative estimate of drug-likeness (QED) is 0.620. The molecular formula is C21H25F3N6O4S. The molecule has 1 aliphatic rings. The van der Waals surface area contributed by atoms with Crippen molar-refractivity contribution >= 4 is 21.9 Å². The molecule has 0 radical (unpaired) electrons. The molecule has 1 amide bonds. The average Bonchev–Trinajstić information content (AvgIpc) is 3.17. The van der Waals surface area contributed by atoms with Gasteiger partial charge in [-0.2, -0.15) is 28.2 Å². The molecule has 0 aliphatic carbocycles. The Morgan fingerprint density at radius 2 is 1.94 bits per heavy atom. The fourth-order valence-electron chi connectivity index (χ4n) is 4.05. The van der Waals surface area contributed by atoms with E-state index in [4.69, 9.17) is 4.74 Å². The van der Waals surface area contributed by atoms with Crippen LogP contribution in [0.25, 0.3) is 5.82 Å². The molecular weight excluding hydrogens is 489 g/mol. The lowest BCUT2D eigenvalue weighted by Crippen LogP contribution is -2.40. The number of ether oxygens (including phenoxy) is 1. The van der Waals surface area contributed by atoms with Gasteiger partial charge in [0.05, 0.1) is 6.61 Å². The van der Waals surface area contributed by atoms with Gasteiger partial charge in [-0.15, -0.1) is 0 Å². The van der Waals surface area contributed by atoms with Crippen LogP contribution in [-0.4, -0.2) is 49.0 Å². The number of piperidine rings is 1. The molecule has 1 fully saturated rings. The molecule has 0 unspecified atom stereocenters. The number of carbonyl (C=O) groups is 1. The molecule has 2 aromatic heterocycles. The van der Waals surface area contributed by atoms with E-state index >= 15 is 0 Å². The topological polar surface area (TPSA) is 130 Å². The Labute approximate surface area is 200 Å². The lowest BCUT2D eigenvalue weighted by Gasteiger charge is -2.36. The molecule has 0 saturated carbocycles. The Kier molecular flexibility index (Phi) is 7.59. The summed E-state index contributed by atoms with van der Waals surface area (Å²) in [6.07, 6.45) is -3.78. The number of hydrogen-bond donors (Lipinski definition) is 1. The molecule has 35 heavy (non-hydrogen) atoms. The van der Waals surface area contributed by atoms with E-state index in [0.717, 1.165) is 29.4 Å². The third-order valence-corrected chi connectivity index (χ3v) is 6.61. The van der Waals surface area contributed by atoms with Crippen LogP contribution in [0.15, 0.2) is 23.2 Å². The summed E-state index contributed by atoms with van der Waals surface area (Å²) >= 11 is 0. The molecule has 190 valence electrons. The minimum absolute atomic E-state index is 0.0249. The van der Waals surface area contributed by atoms with E-state index in [1.807, 2.05) is 13.8 Å². The van der Waals surface area contributed by atoms with Crippen molar-refractivity contribution in [3.63, 3.8) is 0 Å². The molecule has 0 bridgehead atoms. The molecule has 3 heterocycles. The van der Waals surface area contributed by atoms with E-state index in [1.54, 1.807) is 22.6 Å². The van der Waals surface area contributed by atoms with Crippen LogP contribution in [0, 0.1) is 23.2 Å². The first-order valence-corrected chi connectivity index (χ1v) is 12.4. The lowest BCUT2D eigenvalue weighted by atomic mass is 9.91. The van der Waals surface area contributed by atoms with Crippen LogP contribution in [0.1, 0.15) is 44.9 Å². The van der Waals surface area contributed by atoms with Gasteiger partial charge in [0.25, 0.3) is 10.0 Å². The predicted octanol–water partition coefficient (Wildman–Crippen LogP) is 3.46. The van der Waals surface area contributed by atoms with Crippen LogP contribution in [0.2, 0.25) is 0 Å². The third kappa shape index (κ3) is 5.84. The monoisotopic (exact) mass is 514 g/mol. The zero-order chi connectivity index (χ0) is 26.0. The lowest BCUT2D eigenvalue weighted by molar-refractivity contribution is -0.141. The summed E-state index contributed by atoms with van der Waals surface area (Å²) in [4.78, 5) is 16.9. The molecule has 1 N–H and O–H groups in total. The van der Waals surface area contributed by atoms with Crippen LogP contribution in [-0.2, 0) is 20.9 Å². The predicted molar refractivity (Wildman–Crippen MR) is 118 cm³/mol. The van der Waals surface area contributed by atoms with Crippen molar-refractivity contribution < 1.29 is 31.1 Å². The number of sulfonamides is 1. The minimum atomic E-state index is -4.88. The van der Waals surface area contributed by atoms with Gasteiger partial charge in [0.1, 0.15) is 16.5 Å². The van der Waals surface area contributed by atoms with Gasteiger partial charge in [-0.3, -0.25) is 0 Å². The second-order valence-corrected chi connectivity index (χ2v) is 10.2. The normalized spacial score (nSPS) is 18.7. The van der Waals surface area contributed by atoms with Gasteiger partial charge in [-0.1, -0.05) is 20.8 Å². The summed E-state index contributed by atoms with van der Waals surface area (Å²) in [5.74, 6) is 0.164. The van der Waals surface area contributed by atoms with Gasteiger partial charge in [-0.05, 0) is 36.8 Å². The molecule has 0 spiro atoms. The van der Waals surface area contributed by atoms with Gasteiger partial charge in [-0.25, -0.2) is 22.9 Å². The van der Waals surface area contributed by atoms with Crippen molar-refractivity contribution in [2.24, 2.45) is 11.8 Å². The Morgan fingerprint density at radius 3 is 2.46 bits per heavy atom. The SMILES string of the molecule is CCCOC(=O)NS(=O)(=O)c1ccc(-n2nc(C(F)(F)F)c(C#N)c2N2C[C@H](C)C[C@H](C)C2)nc1. The highest BCUT2D eigenvalue weighted by molar-refractivity contribution is 7.90. The second-order valence-electron chi connectivity index (χ2n) is 8.51. The van der Waals surface area contributed by atoms with Gasteiger partial charge in [0.15, 0.2) is 17.3 Å². The fourth-order valence-corrected chi connectivity index (χ4v) is 4.88. The number of aromatic nitrogens is 3. The number of pyridine rings is 1. The zero-order valence-corrected chi connectivity index (χ0v) is 20.1. The van der Waals surface area contributed by atoms with Crippen molar-refractivity contribution in [3.05, 3.63) is 29.6 Å². The number of carbonyl (C=O) groups excluding carboxylic acids is 1. The second kappa shape index (κ2) is 10.1. The Balaban J connectivity index is 2.04. The van der Waals surface area contributed by atoms with Crippen LogP contribution in [0.4, 0.5) is 23.8 Å². The smallest absolute Gasteiger partial charge is 0.436 e. The Bertz CT molecular complexity index is 1210. The van der Waals surface area contributed by atoms with Crippen LogP contribution < -0.4 is 9.62 Å². The standard InChI is InChI=1S/C21H25F3N6O4S/c1-4-7-34-20(31)28-35(32,33)15-5-6-17(26-10-15)30-19(29-11-13(2)8-14(3)12-29)16(9-25)18(27-30)21(22,23)24/h5-6,10,13-14H,4,7-8,11-12H2,1-3H3,(H,28,31)/t13-,14+. The van der Waals surface area contributed by atoms with E-state index in [9.17, 15) is 31.6 Å². The van der Waals surface area contributed by atoms with Gasteiger partial charge >= 0.3 is 12.3 Å². The minimum Gasteiger partial charge on any atom is -0.449 e. The van der Waals surface area contributed by atoms with E-state index in [1.165, 1.54) is 0 Å². The molecule has 2 atom stereocenters. The number of nitriles is 1. The first kappa shape index (κ1) is 26.3. The summed E-state index contributed by atoms with van der Waals surface area (Å²) in [7, 11) is -4.32. The van der Waals surface area contributed by atoms with Crippen molar-refractivity contribution in [1.29, 1.82) is 5.26 Å². The first-order chi connectivity index (χ1) is 16.4. The van der Waals surface area contributed by atoms with Gasteiger partial charge in [0, 0.05) is 19.3 Å². The van der Waals surface area contributed by atoms with E-state index in [2.05, 4.69) is 10.1 Å². The molecule has 3 rings (SSSR count). The molecule has 1 aliphatic heterocycles. The van der Waals surface area contributed by atoms with E-state index in [0.29, 0.717) is 19.5 Å². The number of anilines is 1. The van der Waals surface area contributed by atoms with Gasteiger partial charge < -0.3 is 9.64 Å². The first-order valence-electron chi connectivity index (χ1n) is 10.9. The largest absolute Gasteiger partial charge is 0.449 e. The molecule has 0 aromatic carbocycles. The molecule has 10 nitrogen and oxygen atoms in total. The highest BCUT2D eigenvalue weighted by Crippen LogP contribution is 2.38. The third-order valence-electron chi connectivity index (χ3n) is 5.31. The van der Waals surface area contributed by atoms with Crippen molar-refractivity contribution in [2.75, 3.05) is 24.6 Å². The number of nitrogens with zero attached hydrogens (tertiary/aromatic N) is 5. The number of amides is 1. The number of halogens is 3. The Hall–Kier alpha value is -3.34. The summed E-state index contributed by atoms with van der Waals surface area (Å²) < 4.78 is 73.2. The van der Waals surface area contributed by atoms with Crippen LogP contribution >= 0.6 is 0 Å². The number of alkyl halides is 3. The summed E-state index contributed by atoms with van der Waals surface area (Å²) in [6.45, 7) is 6.53. The molecule has 1 saturated heterocycles. The van der Waals surface area contributed by atoms with Crippen molar-refractivity contribution in [3.8, 4) is 11.9 Å². The molecule has 2 aromatic rings. The maximum absolute atomic E-state index is 13.7. The zero-order valence-electron chi connectivity index (χ0n) is 19.3. The highest BCUT2D eigenvalue weighted by Gasteiger charge is 2.42. The summed E-state index contributed by atoms with van der Waals surface area (Å²) in [5, 5.41) is 13.2. The number of nitrogens with one attached hydrogen (secondary N) is 1. The van der Waals surface area contributed by atoms with E-state index < -0.39 is 38.4 Å². The number of hydrogen-bond acceptors (Lipinski definition) is 8.